The number of carbonyl (C=O) groups is 1. The number of ether oxygens (including phenoxy) is 1. The van der Waals surface area contributed by atoms with Crippen molar-refractivity contribution in [2.24, 2.45) is 0 Å². The van der Waals surface area contributed by atoms with Crippen molar-refractivity contribution in [3.05, 3.63) is 35.5 Å². The first-order valence-corrected chi connectivity index (χ1v) is 6.51. The second kappa shape index (κ2) is 5.01. The molecule has 1 heterocycles. The molecular weight excluding hydrogens is 252 g/mol. The summed E-state index contributed by atoms with van der Waals surface area (Å²) in [5.74, 6) is -0.306. The predicted octanol–water partition coefficient (Wildman–Crippen LogP) is 3.16. The number of carbonyl (C=O) groups excluding carboxylic acids is 1. The summed E-state index contributed by atoms with van der Waals surface area (Å²) in [4.78, 5) is 11.9. The number of aromatic nitrogens is 1. The maximum absolute atomic E-state index is 11.9. The van der Waals surface area contributed by atoms with Gasteiger partial charge in [0.2, 0.25) is 0 Å². The van der Waals surface area contributed by atoms with Crippen molar-refractivity contribution in [3.63, 3.8) is 0 Å². The molecular formula is C16H18N2O2. The van der Waals surface area contributed by atoms with Crippen LogP contribution in [-0.2, 0) is 16.1 Å². The number of rotatable bonds is 2. The van der Waals surface area contributed by atoms with Gasteiger partial charge in [-0.15, -0.1) is 0 Å². The number of fused-ring (bicyclic) bond motifs is 1. The molecule has 0 saturated carbocycles. The summed E-state index contributed by atoms with van der Waals surface area (Å²) in [5.41, 5.74) is 2.03. The molecule has 1 aromatic heterocycles. The summed E-state index contributed by atoms with van der Waals surface area (Å²) >= 11 is 0. The van der Waals surface area contributed by atoms with Crippen LogP contribution in [0.5, 0.6) is 0 Å². The van der Waals surface area contributed by atoms with Gasteiger partial charge in [0.15, 0.2) is 0 Å². The maximum Gasteiger partial charge on any atom is 0.326 e. The molecule has 1 aromatic carbocycles. The standard InChI is InChI=1S/C16H18N2O2/c1-11-5-6-14-13(7-11)12(8-17)9-18(14)10-15(19)20-16(2,3)4/h5-7,9H,10H2,1-4H3. The molecule has 0 aliphatic rings. The highest BCUT2D eigenvalue weighted by atomic mass is 16.6. The SMILES string of the molecule is Cc1ccc2c(c1)c(C#N)cn2CC(=O)OC(C)(C)C. The van der Waals surface area contributed by atoms with Crippen molar-refractivity contribution in [2.75, 3.05) is 0 Å². The van der Waals surface area contributed by atoms with Crippen LogP contribution in [0, 0.1) is 18.3 Å². The minimum Gasteiger partial charge on any atom is -0.459 e. The molecule has 0 unspecified atom stereocenters. The number of nitriles is 1. The highest BCUT2D eigenvalue weighted by Gasteiger charge is 2.18. The average Bonchev–Trinajstić information content (AvgIpc) is 2.64. The third-order valence-corrected chi connectivity index (χ3v) is 2.88. The van der Waals surface area contributed by atoms with E-state index in [0.29, 0.717) is 5.56 Å². The molecule has 0 aliphatic carbocycles. The van der Waals surface area contributed by atoms with Gasteiger partial charge in [0.05, 0.1) is 5.56 Å². The van der Waals surface area contributed by atoms with Crippen molar-refractivity contribution < 1.29 is 9.53 Å². The summed E-state index contributed by atoms with van der Waals surface area (Å²) < 4.78 is 7.08. The number of esters is 1. The molecule has 2 aromatic rings. The smallest absolute Gasteiger partial charge is 0.326 e. The van der Waals surface area contributed by atoms with E-state index >= 15 is 0 Å². The minimum absolute atomic E-state index is 0.110. The van der Waals surface area contributed by atoms with Crippen LogP contribution in [0.15, 0.2) is 24.4 Å². The Bertz CT molecular complexity index is 700. The van der Waals surface area contributed by atoms with E-state index in [1.54, 1.807) is 10.8 Å². The second-order valence-electron chi connectivity index (χ2n) is 5.89. The fourth-order valence-electron chi connectivity index (χ4n) is 2.14. The Hall–Kier alpha value is -2.28. The number of hydrogen-bond donors (Lipinski definition) is 0. The number of hydrogen-bond acceptors (Lipinski definition) is 3. The third kappa shape index (κ3) is 3.00. The van der Waals surface area contributed by atoms with E-state index in [1.165, 1.54) is 0 Å². The lowest BCUT2D eigenvalue weighted by Crippen LogP contribution is -2.26. The Kier molecular flexibility index (Phi) is 3.54. The molecule has 0 bridgehead atoms. The molecule has 20 heavy (non-hydrogen) atoms. The normalized spacial score (nSPS) is 11.3. The summed E-state index contributed by atoms with van der Waals surface area (Å²) in [7, 11) is 0. The molecule has 0 amide bonds. The van der Waals surface area contributed by atoms with Gasteiger partial charge < -0.3 is 9.30 Å². The van der Waals surface area contributed by atoms with E-state index in [1.807, 2.05) is 45.9 Å². The summed E-state index contributed by atoms with van der Waals surface area (Å²) in [6, 6.07) is 8.02. The van der Waals surface area contributed by atoms with Gasteiger partial charge in [-0.2, -0.15) is 5.26 Å². The van der Waals surface area contributed by atoms with Crippen molar-refractivity contribution in [1.82, 2.24) is 4.57 Å². The van der Waals surface area contributed by atoms with Gasteiger partial charge >= 0.3 is 5.97 Å². The number of benzene rings is 1. The molecule has 0 atom stereocenters. The van der Waals surface area contributed by atoms with Crippen molar-refractivity contribution in [3.8, 4) is 6.07 Å². The van der Waals surface area contributed by atoms with Gasteiger partial charge in [0.1, 0.15) is 18.2 Å². The first kappa shape index (κ1) is 14.1. The zero-order valence-electron chi connectivity index (χ0n) is 12.2. The minimum atomic E-state index is -0.505. The van der Waals surface area contributed by atoms with Gasteiger partial charge in [0, 0.05) is 17.1 Å². The molecule has 0 N–H and O–H groups in total. The van der Waals surface area contributed by atoms with Crippen molar-refractivity contribution >= 4 is 16.9 Å². The maximum atomic E-state index is 11.9. The Morgan fingerprint density at radius 2 is 2.10 bits per heavy atom. The Labute approximate surface area is 118 Å². The second-order valence-corrected chi connectivity index (χ2v) is 5.89. The van der Waals surface area contributed by atoms with Crippen LogP contribution in [0.3, 0.4) is 0 Å². The third-order valence-electron chi connectivity index (χ3n) is 2.88. The lowest BCUT2D eigenvalue weighted by Gasteiger charge is -2.19. The lowest BCUT2D eigenvalue weighted by molar-refractivity contribution is -0.155. The average molecular weight is 270 g/mol. The Morgan fingerprint density at radius 3 is 2.70 bits per heavy atom. The van der Waals surface area contributed by atoms with E-state index in [-0.39, 0.29) is 12.5 Å². The Morgan fingerprint density at radius 1 is 1.40 bits per heavy atom. The predicted molar refractivity (Wildman–Crippen MR) is 77.2 cm³/mol. The van der Waals surface area contributed by atoms with Gasteiger partial charge in [-0.1, -0.05) is 11.6 Å². The quantitative estimate of drug-likeness (QED) is 0.788. The first-order valence-electron chi connectivity index (χ1n) is 6.51. The van der Waals surface area contributed by atoms with Crippen LogP contribution in [0.4, 0.5) is 0 Å². The number of nitrogens with zero attached hydrogens (tertiary/aromatic N) is 2. The van der Waals surface area contributed by atoms with Gasteiger partial charge in [-0.25, -0.2) is 0 Å². The molecule has 0 aliphatic heterocycles. The van der Waals surface area contributed by atoms with Gasteiger partial charge in [-0.05, 0) is 39.8 Å². The largest absolute Gasteiger partial charge is 0.459 e. The van der Waals surface area contributed by atoms with E-state index in [9.17, 15) is 10.1 Å². The van der Waals surface area contributed by atoms with Crippen molar-refractivity contribution in [1.29, 1.82) is 5.26 Å². The fourth-order valence-corrected chi connectivity index (χ4v) is 2.14. The van der Waals surface area contributed by atoms with Gasteiger partial charge in [-0.3, -0.25) is 4.79 Å². The van der Waals surface area contributed by atoms with Gasteiger partial charge in [0.25, 0.3) is 0 Å². The van der Waals surface area contributed by atoms with E-state index in [0.717, 1.165) is 16.5 Å². The van der Waals surface area contributed by atoms with Crippen LogP contribution in [0.2, 0.25) is 0 Å². The molecule has 4 heteroatoms. The molecule has 2 rings (SSSR count). The van der Waals surface area contributed by atoms with E-state index < -0.39 is 5.60 Å². The highest BCUT2D eigenvalue weighted by molar-refractivity contribution is 5.88. The van der Waals surface area contributed by atoms with E-state index in [4.69, 9.17) is 4.74 Å². The zero-order valence-corrected chi connectivity index (χ0v) is 12.2. The molecule has 0 fully saturated rings. The Balaban J connectivity index is 2.36. The summed E-state index contributed by atoms with van der Waals surface area (Å²) in [6.07, 6.45) is 1.70. The molecule has 0 radical (unpaired) electrons. The van der Waals surface area contributed by atoms with Crippen LogP contribution in [-0.4, -0.2) is 16.1 Å². The summed E-state index contributed by atoms with van der Waals surface area (Å²) in [5, 5.41) is 10.1. The zero-order chi connectivity index (χ0) is 14.9. The molecule has 104 valence electrons. The van der Waals surface area contributed by atoms with Crippen LogP contribution >= 0.6 is 0 Å². The van der Waals surface area contributed by atoms with Crippen LogP contribution < -0.4 is 0 Å². The van der Waals surface area contributed by atoms with E-state index in [2.05, 4.69) is 6.07 Å². The van der Waals surface area contributed by atoms with Crippen LogP contribution in [0.1, 0.15) is 31.9 Å². The molecule has 0 saturated heterocycles. The summed E-state index contributed by atoms with van der Waals surface area (Å²) in [6.45, 7) is 7.60. The van der Waals surface area contributed by atoms with Crippen LogP contribution in [0.25, 0.3) is 10.9 Å². The molecule has 0 spiro atoms. The topological polar surface area (TPSA) is 55.0 Å². The van der Waals surface area contributed by atoms with Crippen molar-refractivity contribution in [2.45, 2.75) is 39.8 Å². The number of aryl methyl sites for hydroxylation is 1. The highest BCUT2D eigenvalue weighted by Crippen LogP contribution is 2.22. The first-order chi connectivity index (χ1) is 9.30. The molecule has 4 nitrogen and oxygen atoms in total. The lowest BCUT2D eigenvalue weighted by atomic mass is 10.1. The fraction of sp³-hybridized carbons (Fsp3) is 0.375. The monoisotopic (exact) mass is 270 g/mol.